The summed E-state index contributed by atoms with van der Waals surface area (Å²) in [5, 5.41) is 17.8. The minimum Gasteiger partial charge on any atom is -0.370 e. The second kappa shape index (κ2) is 6.05. The van der Waals surface area contributed by atoms with E-state index in [1.807, 2.05) is 6.07 Å². The Balaban J connectivity index is 2.92. The van der Waals surface area contributed by atoms with Gasteiger partial charge in [-0.05, 0) is 6.42 Å². The summed E-state index contributed by atoms with van der Waals surface area (Å²) in [6, 6.07) is 1.91. The molecular formula is C6H8NO3. The molecule has 0 saturated carbocycles. The van der Waals surface area contributed by atoms with E-state index in [9.17, 15) is 9.90 Å². The van der Waals surface area contributed by atoms with Gasteiger partial charge in [0.05, 0.1) is 6.07 Å². The number of hydrogen-bond donors (Lipinski definition) is 0. The molecule has 0 rings (SSSR count). The average Bonchev–Trinajstić information content (AvgIpc) is 1.87. The van der Waals surface area contributed by atoms with Gasteiger partial charge in [-0.3, -0.25) is 0 Å². The Hall–Kier alpha value is -1.08. The van der Waals surface area contributed by atoms with Crippen LogP contribution in [0.2, 0.25) is 0 Å². The lowest BCUT2D eigenvalue weighted by atomic mass is 10.3. The summed E-state index contributed by atoms with van der Waals surface area (Å²) in [6.07, 6.45) is 0.969. The molecule has 0 unspecified atom stereocenters. The molecule has 0 aliphatic rings. The third-order valence-electron chi connectivity index (χ3n) is 0.797. The molecule has 0 heterocycles. The van der Waals surface area contributed by atoms with Gasteiger partial charge in [-0.15, -0.1) is 0 Å². The van der Waals surface area contributed by atoms with Gasteiger partial charge in [-0.2, -0.15) is 5.26 Å². The highest BCUT2D eigenvalue weighted by atomic mass is 16.5. The van der Waals surface area contributed by atoms with E-state index in [1.54, 1.807) is 0 Å². The number of nitriles is 1. The lowest BCUT2D eigenvalue weighted by Gasteiger charge is -1.94. The van der Waals surface area contributed by atoms with E-state index in [4.69, 9.17) is 5.26 Å². The summed E-state index contributed by atoms with van der Waals surface area (Å²) in [5.74, 6) is -1.23. The zero-order valence-electron chi connectivity index (χ0n) is 5.50. The van der Waals surface area contributed by atoms with Gasteiger partial charge in [0.2, 0.25) is 0 Å². The van der Waals surface area contributed by atoms with E-state index >= 15 is 0 Å². The number of nitrogens with zero attached hydrogens (tertiary/aromatic N) is 1. The molecule has 0 bridgehead atoms. The van der Waals surface area contributed by atoms with Crippen LogP contribution in [-0.4, -0.2) is 19.2 Å². The molecule has 55 valence electrons. The van der Waals surface area contributed by atoms with Crippen LogP contribution in [0.15, 0.2) is 0 Å². The monoisotopic (exact) mass is 142 g/mol. The SMILES string of the molecule is N#CCCCOCC([O])=O. The molecule has 4 nitrogen and oxygen atoms in total. The molecule has 0 aromatic rings. The van der Waals surface area contributed by atoms with Crippen molar-refractivity contribution in [1.29, 1.82) is 5.26 Å². The smallest absolute Gasteiger partial charge is 0.370 e. The minimum absolute atomic E-state index is 0.307. The first kappa shape index (κ1) is 8.92. The Labute approximate surface area is 59.0 Å². The quantitative estimate of drug-likeness (QED) is 0.517. The van der Waals surface area contributed by atoms with Crippen LogP contribution in [0.25, 0.3) is 0 Å². The first-order chi connectivity index (χ1) is 4.77. The number of ether oxygens (including phenoxy) is 1. The summed E-state index contributed by atoms with van der Waals surface area (Å²) in [4.78, 5) is 9.73. The van der Waals surface area contributed by atoms with Gasteiger partial charge in [0.1, 0.15) is 6.61 Å². The zero-order valence-corrected chi connectivity index (χ0v) is 5.50. The number of carbonyl (C=O) groups is 1. The molecule has 0 aromatic heterocycles. The maximum Gasteiger partial charge on any atom is 0.380 e. The predicted molar refractivity (Wildman–Crippen MR) is 31.4 cm³/mol. The van der Waals surface area contributed by atoms with E-state index in [-0.39, 0.29) is 6.61 Å². The third kappa shape index (κ3) is 6.92. The van der Waals surface area contributed by atoms with E-state index in [1.165, 1.54) is 0 Å². The molecule has 0 fully saturated rings. The number of unbranched alkanes of at least 4 members (excludes halogenated alkanes) is 1. The Morgan fingerprint density at radius 3 is 2.80 bits per heavy atom. The molecule has 0 aliphatic heterocycles. The highest BCUT2D eigenvalue weighted by molar-refractivity contribution is 5.67. The lowest BCUT2D eigenvalue weighted by Crippen LogP contribution is -2.06. The highest BCUT2D eigenvalue weighted by Gasteiger charge is 1.97. The number of carbonyl (C=O) groups excluding carboxylic acids is 1. The van der Waals surface area contributed by atoms with Gasteiger partial charge in [0.15, 0.2) is 0 Å². The lowest BCUT2D eigenvalue weighted by molar-refractivity contribution is -0.148. The van der Waals surface area contributed by atoms with E-state index < -0.39 is 5.97 Å². The van der Waals surface area contributed by atoms with E-state index in [2.05, 4.69) is 4.74 Å². The average molecular weight is 142 g/mol. The van der Waals surface area contributed by atoms with Crippen molar-refractivity contribution in [3.05, 3.63) is 0 Å². The number of rotatable bonds is 5. The molecule has 0 amide bonds. The molecule has 0 aliphatic carbocycles. The summed E-state index contributed by atoms with van der Waals surface area (Å²) < 4.78 is 4.58. The fraction of sp³-hybridized carbons (Fsp3) is 0.667. The maximum atomic E-state index is 9.73. The van der Waals surface area contributed by atoms with Gasteiger partial charge < -0.3 is 4.74 Å². The van der Waals surface area contributed by atoms with Crippen molar-refractivity contribution in [3.63, 3.8) is 0 Å². The normalized spacial score (nSPS) is 8.70. The second-order valence-electron chi connectivity index (χ2n) is 1.69. The van der Waals surface area contributed by atoms with Crippen LogP contribution >= 0.6 is 0 Å². The molecule has 1 radical (unpaired) electrons. The van der Waals surface area contributed by atoms with Crippen LogP contribution in [-0.2, 0) is 14.6 Å². The van der Waals surface area contributed by atoms with Crippen LogP contribution < -0.4 is 0 Å². The van der Waals surface area contributed by atoms with Crippen molar-refractivity contribution in [2.24, 2.45) is 0 Å². The van der Waals surface area contributed by atoms with Gasteiger partial charge in [-0.1, -0.05) is 0 Å². The summed E-state index contributed by atoms with van der Waals surface area (Å²) in [6.45, 7) is -0.0764. The molecule has 4 heteroatoms. The van der Waals surface area contributed by atoms with Gasteiger partial charge in [0, 0.05) is 13.0 Å². The summed E-state index contributed by atoms with van der Waals surface area (Å²) in [7, 11) is 0. The van der Waals surface area contributed by atoms with Crippen molar-refractivity contribution in [3.8, 4) is 6.07 Å². The van der Waals surface area contributed by atoms with Crippen LogP contribution in [0.1, 0.15) is 12.8 Å². The standard InChI is InChI=1S/C6H8NO3/c7-3-1-2-4-10-5-6(8)9/h1-2,4-5H2. The Morgan fingerprint density at radius 1 is 1.60 bits per heavy atom. The molecular weight excluding hydrogens is 134 g/mol. The van der Waals surface area contributed by atoms with Crippen molar-refractivity contribution in [2.45, 2.75) is 12.8 Å². The number of hydrogen-bond acceptors (Lipinski definition) is 3. The summed E-state index contributed by atoms with van der Waals surface area (Å²) >= 11 is 0. The van der Waals surface area contributed by atoms with Crippen LogP contribution in [0, 0.1) is 11.3 Å². The van der Waals surface area contributed by atoms with Crippen molar-refractivity contribution < 1.29 is 14.6 Å². The third-order valence-corrected chi connectivity index (χ3v) is 0.797. The van der Waals surface area contributed by atoms with Crippen molar-refractivity contribution in [1.82, 2.24) is 0 Å². The summed E-state index contributed by atoms with van der Waals surface area (Å²) in [5.41, 5.74) is 0. The zero-order chi connectivity index (χ0) is 7.82. The Morgan fingerprint density at radius 2 is 2.30 bits per heavy atom. The van der Waals surface area contributed by atoms with E-state index in [0.29, 0.717) is 19.4 Å². The van der Waals surface area contributed by atoms with Crippen LogP contribution in [0.5, 0.6) is 0 Å². The molecule has 0 aromatic carbocycles. The molecule has 0 atom stereocenters. The fourth-order valence-electron chi connectivity index (χ4n) is 0.409. The van der Waals surface area contributed by atoms with Crippen LogP contribution in [0.3, 0.4) is 0 Å². The first-order valence-corrected chi connectivity index (χ1v) is 2.92. The maximum absolute atomic E-state index is 9.73. The topological polar surface area (TPSA) is 70.0 Å². The van der Waals surface area contributed by atoms with Crippen molar-refractivity contribution >= 4 is 5.97 Å². The Kier molecular flexibility index (Phi) is 5.39. The van der Waals surface area contributed by atoms with Crippen LogP contribution in [0.4, 0.5) is 0 Å². The first-order valence-electron chi connectivity index (χ1n) is 2.92. The molecule has 10 heavy (non-hydrogen) atoms. The van der Waals surface area contributed by atoms with Gasteiger partial charge >= 0.3 is 5.97 Å². The van der Waals surface area contributed by atoms with E-state index in [0.717, 1.165) is 0 Å². The predicted octanol–water partition coefficient (Wildman–Crippen LogP) is 0.264. The largest absolute Gasteiger partial charge is 0.380 e. The second-order valence-corrected chi connectivity index (χ2v) is 1.69. The molecule has 0 saturated heterocycles. The highest BCUT2D eigenvalue weighted by Crippen LogP contribution is 1.86. The Bertz CT molecular complexity index is 138. The van der Waals surface area contributed by atoms with Gasteiger partial charge in [0.25, 0.3) is 0 Å². The molecule has 0 N–H and O–H groups in total. The van der Waals surface area contributed by atoms with Crippen molar-refractivity contribution in [2.75, 3.05) is 13.2 Å². The minimum atomic E-state index is -1.23. The van der Waals surface area contributed by atoms with Gasteiger partial charge in [-0.25, -0.2) is 9.90 Å². The fourth-order valence-corrected chi connectivity index (χ4v) is 0.409. The molecule has 0 spiro atoms.